The minimum absolute atomic E-state index is 0.00370. The van der Waals surface area contributed by atoms with Crippen LogP contribution in [-0.2, 0) is 9.53 Å². The molecule has 0 spiro atoms. The fourth-order valence-corrected chi connectivity index (χ4v) is 6.52. The highest BCUT2D eigenvalue weighted by Crippen LogP contribution is 2.50. The van der Waals surface area contributed by atoms with Crippen LogP contribution in [0.15, 0.2) is 18.2 Å². The van der Waals surface area contributed by atoms with Crippen molar-refractivity contribution < 1.29 is 14.3 Å². The molecule has 1 aromatic heterocycles. The van der Waals surface area contributed by atoms with Gasteiger partial charge in [-0.25, -0.2) is 4.79 Å². The zero-order chi connectivity index (χ0) is 21.3. The molecule has 3 heterocycles. The van der Waals surface area contributed by atoms with Crippen LogP contribution in [0.3, 0.4) is 0 Å². The predicted octanol–water partition coefficient (Wildman–Crippen LogP) is 5.17. The lowest BCUT2D eigenvalue weighted by Crippen LogP contribution is -2.50. The minimum Gasteiger partial charge on any atom is -0.497 e. The zero-order valence-corrected chi connectivity index (χ0v) is 18.9. The van der Waals surface area contributed by atoms with Gasteiger partial charge in [0.2, 0.25) is 0 Å². The van der Waals surface area contributed by atoms with E-state index in [1.54, 1.807) is 7.11 Å². The first kappa shape index (κ1) is 19.9. The first-order valence-corrected chi connectivity index (χ1v) is 11.4. The van der Waals surface area contributed by atoms with Crippen LogP contribution in [0, 0.1) is 10.8 Å². The van der Waals surface area contributed by atoms with E-state index in [0.29, 0.717) is 5.92 Å². The van der Waals surface area contributed by atoms with Crippen LogP contribution in [-0.4, -0.2) is 42.2 Å². The van der Waals surface area contributed by atoms with E-state index in [1.807, 2.05) is 6.07 Å². The molecule has 1 aliphatic carbocycles. The molecule has 2 aliphatic heterocycles. The molecule has 5 heteroatoms. The summed E-state index contributed by atoms with van der Waals surface area (Å²) in [4.78, 5) is 19.6. The Bertz CT molecular complexity index is 974. The first-order valence-electron chi connectivity index (χ1n) is 11.4. The molecule has 3 unspecified atom stereocenters. The quantitative estimate of drug-likeness (QED) is 0.710. The smallest absolute Gasteiger partial charge is 0.329 e. The molecule has 5 nitrogen and oxygen atoms in total. The fourth-order valence-electron chi connectivity index (χ4n) is 6.52. The number of carbonyl (C=O) groups is 1. The Morgan fingerprint density at radius 3 is 2.60 bits per heavy atom. The average molecular weight is 411 g/mol. The Labute approximate surface area is 179 Å². The molecular formula is C25H34N2O3. The van der Waals surface area contributed by atoms with Crippen LogP contribution < -0.4 is 4.74 Å². The van der Waals surface area contributed by atoms with Gasteiger partial charge in [-0.05, 0) is 49.6 Å². The maximum atomic E-state index is 13.7. The topological polar surface area (TPSA) is 54.6 Å². The number of aromatic nitrogens is 1. The van der Waals surface area contributed by atoms with Crippen molar-refractivity contribution in [2.75, 3.05) is 20.2 Å². The average Bonchev–Trinajstić information content (AvgIpc) is 3.26. The standard InChI is InChI=1S/C25H34N2O3/c1-24(2)10-6-11-25(3,4)23(24)30-22(28)21-20-19(15-9-12-27(21)14-15)17-13-16(29-5)7-8-18(17)26-20/h7-8,13,15,21,23,26H,6,9-12,14H2,1-5H3. The number of hydrogen-bond donors (Lipinski definition) is 1. The monoisotopic (exact) mass is 410 g/mol. The number of ether oxygens (including phenoxy) is 2. The van der Waals surface area contributed by atoms with E-state index in [9.17, 15) is 4.79 Å². The molecule has 3 atom stereocenters. The summed E-state index contributed by atoms with van der Waals surface area (Å²) in [5.41, 5.74) is 3.39. The van der Waals surface area contributed by atoms with Gasteiger partial charge in [0.25, 0.3) is 0 Å². The molecule has 3 aliphatic rings. The van der Waals surface area contributed by atoms with Gasteiger partial charge < -0.3 is 14.5 Å². The summed E-state index contributed by atoms with van der Waals surface area (Å²) in [6.07, 6.45) is 4.41. The van der Waals surface area contributed by atoms with Gasteiger partial charge in [0.1, 0.15) is 17.9 Å². The van der Waals surface area contributed by atoms with Gasteiger partial charge in [-0.3, -0.25) is 4.90 Å². The highest BCUT2D eigenvalue weighted by Gasteiger charge is 2.50. The molecule has 1 saturated carbocycles. The van der Waals surface area contributed by atoms with Gasteiger partial charge in [0, 0.05) is 39.9 Å². The second kappa shape index (κ2) is 6.74. The summed E-state index contributed by atoms with van der Waals surface area (Å²) in [7, 11) is 1.70. The molecule has 1 aromatic carbocycles. The van der Waals surface area contributed by atoms with E-state index in [1.165, 1.54) is 17.4 Å². The number of carbonyl (C=O) groups excluding carboxylic acids is 1. The summed E-state index contributed by atoms with van der Waals surface area (Å²) in [6, 6.07) is 5.80. The van der Waals surface area contributed by atoms with Gasteiger partial charge in [0.05, 0.1) is 7.11 Å². The second-order valence-corrected chi connectivity index (χ2v) is 10.9. The van der Waals surface area contributed by atoms with E-state index in [4.69, 9.17) is 9.47 Å². The maximum Gasteiger partial charge on any atom is 0.329 e. The summed E-state index contributed by atoms with van der Waals surface area (Å²) in [5.74, 6) is 1.23. The van der Waals surface area contributed by atoms with Crippen molar-refractivity contribution in [1.82, 2.24) is 9.88 Å². The largest absolute Gasteiger partial charge is 0.497 e. The van der Waals surface area contributed by atoms with Crippen molar-refractivity contribution in [2.45, 2.75) is 71.4 Å². The molecule has 1 saturated heterocycles. The van der Waals surface area contributed by atoms with Crippen molar-refractivity contribution >= 4 is 16.9 Å². The van der Waals surface area contributed by atoms with Gasteiger partial charge in [0.15, 0.2) is 0 Å². The van der Waals surface area contributed by atoms with Crippen molar-refractivity contribution in [1.29, 1.82) is 0 Å². The number of hydrogen-bond acceptors (Lipinski definition) is 4. The Morgan fingerprint density at radius 1 is 1.17 bits per heavy atom. The number of benzene rings is 1. The first-order chi connectivity index (χ1) is 14.2. The van der Waals surface area contributed by atoms with Gasteiger partial charge >= 0.3 is 5.97 Å². The molecule has 2 aromatic rings. The number of H-pyrrole nitrogens is 1. The van der Waals surface area contributed by atoms with E-state index in [0.717, 1.165) is 49.3 Å². The summed E-state index contributed by atoms with van der Waals surface area (Å²) < 4.78 is 11.9. The van der Waals surface area contributed by atoms with Crippen LogP contribution in [0.5, 0.6) is 5.75 Å². The highest BCUT2D eigenvalue weighted by atomic mass is 16.5. The lowest BCUT2D eigenvalue weighted by Gasteiger charge is -2.48. The van der Waals surface area contributed by atoms with Crippen LogP contribution in [0.4, 0.5) is 0 Å². The molecule has 162 valence electrons. The Balaban J connectivity index is 1.53. The highest BCUT2D eigenvalue weighted by molar-refractivity contribution is 5.90. The van der Waals surface area contributed by atoms with Crippen LogP contribution >= 0.6 is 0 Å². The third-order valence-electron chi connectivity index (χ3n) is 7.86. The Morgan fingerprint density at radius 2 is 1.90 bits per heavy atom. The molecule has 5 rings (SSSR count). The summed E-state index contributed by atoms with van der Waals surface area (Å²) in [6.45, 7) is 10.9. The zero-order valence-electron chi connectivity index (χ0n) is 18.9. The number of methoxy groups -OCH3 is 1. The lowest BCUT2D eigenvalue weighted by molar-refractivity contribution is -0.178. The Hall–Kier alpha value is -2.01. The fraction of sp³-hybridized carbons (Fsp3) is 0.640. The van der Waals surface area contributed by atoms with Crippen LogP contribution in [0.2, 0.25) is 0 Å². The number of rotatable bonds is 3. The minimum atomic E-state index is -0.342. The Kier molecular flexibility index (Phi) is 4.48. The van der Waals surface area contributed by atoms with Crippen LogP contribution in [0.25, 0.3) is 10.9 Å². The SMILES string of the molecule is COc1ccc2[nH]c3c(c2c1)C1CCN(C1)C3C(=O)OC1C(C)(C)CCCC1(C)C. The third-order valence-corrected chi connectivity index (χ3v) is 7.86. The van der Waals surface area contributed by atoms with E-state index < -0.39 is 0 Å². The summed E-state index contributed by atoms with van der Waals surface area (Å²) in [5, 5.41) is 1.19. The molecular weight excluding hydrogens is 376 g/mol. The number of nitrogens with zero attached hydrogens (tertiary/aromatic N) is 1. The molecule has 30 heavy (non-hydrogen) atoms. The van der Waals surface area contributed by atoms with E-state index in [2.05, 4.69) is 49.7 Å². The van der Waals surface area contributed by atoms with Crippen molar-refractivity contribution in [3.63, 3.8) is 0 Å². The summed E-state index contributed by atoms with van der Waals surface area (Å²) >= 11 is 0. The van der Waals surface area contributed by atoms with Crippen molar-refractivity contribution in [3.8, 4) is 5.75 Å². The third kappa shape index (κ3) is 2.96. The normalized spacial score (nSPS) is 29.6. The second-order valence-electron chi connectivity index (χ2n) is 10.9. The number of nitrogens with one attached hydrogen (secondary N) is 1. The predicted molar refractivity (Wildman–Crippen MR) is 118 cm³/mol. The van der Waals surface area contributed by atoms with E-state index >= 15 is 0 Å². The molecule has 2 fully saturated rings. The number of aromatic amines is 1. The van der Waals surface area contributed by atoms with Gasteiger partial charge in [-0.1, -0.05) is 34.1 Å². The molecule has 0 amide bonds. The maximum absolute atomic E-state index is 13.7. The van der Waals surface area contributed by atoms with Gasteiger partial charge in [-0.15, -0.1) is 0 Å². The lowest BCUT2D eigenvalue weighted by atomic mass is 9.63. The molecule has 1 N–H and O–H groups in total. The molecule has 2 bridgehead atoms. The van der Waals surface area contributed by atoms with Crippen LogP contribution in [0.1, 0.15) is 76.6 Å². The molecule has 0 radical (unpaired) electrons. The van der Waals surface area contributed by atoms with E-state index in [-0.39, 0.29) is 28.9 Å². The van der Waals surface area contributed by atoms with Crippen molar-refractivity contribution in [3.05, 3.63) is 29.5 Å². The van der Waals surface area contributed by atoms with Crippen molar-refractivity contribution in [2.24, 2.45) is 10.8 Å². The van der Waals surface area contributed by atoms with Gasteiger partial charge in [-0.2, -0.15) is 0 Å². The number of esters is 1. The number of fused-ring (bicyclic) bond motifs is 6.